The Morgan fingerprint density at radius 1 is 0.288 bits per heavy atom. The Morgan fingerprint density at radius 3 is 1.60 bits per heavy atom. The molecular formula is C48H29NO3. The van der Waals surface area contributed by atoms with E-state index in [0.29, 0.717) is 0 Å². The average molecular weight is 668 g/mol. The summed E-state index contributed by atoms with van der Waals surface area (Å²) in [7, 11) is 0. The zero-order valence-electron chi connectivity index (χ0n) is 27.9. The molecule has 0 aliphatic heterocycles. The molecule has 0 saturated heterocycles. The summed E-state index contributed by atoms with van der Waals surface area (Å²) in [6.07, 6.45) is 0. The van der Waals surface area contributed by atoms with Gasteiger partial charge in [-0.1, -0.05) is 84.9 Å². The van der Waals surface area contributed by atoms with E-state index in [-0.39, 0.29) is 0 Å². The van der Waals surface area contributed by atoms with E-state index in [4.69, 9.17) is 13.3 Å². The molecule has 244 valence electrons. The van der Waals surface area contributed by atoms with Crippen molar-refractivity contribution >= 4 is 82.9 Å². The fourth-order valence-electron chi connectivity index (χ4n) is 7.83. The van der Waals surface area contributed by atoms with Gasteiger partial charge in [0.1, 0.15) is 33.5 Å². The molecule has 0 aliphatic carbocycles. The van der Waals surface area contributed by atoms with Crippen LogP contribution < -0.4 is 4.90 Å². The maximum atomic E-state index is 6.42. The van der Waals surface area contributed by atoms with E-state index in [0.717, 1.165) is 105 Å². The van der Waals surface area contributed by atoms with E-state index in [1.165, 1.54) is 0 Å². The SMILES string of the molecule is c1ccc(N(c2ccccc2)c2ccc3oc4ccc(-c5ccc6oc7cccc(-c8ccc9c(c8)oc8ccccc89)c7c6c5)cc4c3c2)cc1. The second-order valence-corrected chi connectivity index (χ2v) is 13.3. The molecule has 4 heteroatoms. The van der Waals surface area contributed by atoms with Crippen molar-refractivity contribution in [3.8, 4) is 22.3 Å². The minimum atomic E-state index is 0.859. The van der Waals surface area contributed by atoms with Crippen LogP contribution in [0.4, 0.5) is 17.1 Å². The lowest BCUT2D eigenvalue weighted by molar-refractivity contribution is 0.668. The maximum Gasteiger partial charge on any atom is 0.136 e. The molecule has 0 spiro atoms. The Hall–Kier alpha value is -7.04. The van der Waals surface area contributed by atoms with Gasteiger partial charge in [-0.25, -0.2) is 0 Å². The standard InChI is InChI=1S/C48H29NO3/c1-3-10-33(11-4-1)49(34-12-5-2-6-13-34)35-21-25-44-40(29-35)39-26-30(19-23-43(39)50-44)31-20-24-45-41(27-31)48-36(15-9-17-46(48)51-45)32-18-22-38-37-14-7-8-16-42(37)52-47(38)28-32/h1-29H. The largest absolute Gasteiger partial charge is 0.456 e. The smallest absolute Gasteiger partial charge is 0.136 e. The molecule has 0 amide bonds. The molecule has 3 heterocycles. The van der Waals surface area contributed by atoms with Crippen LogP contribution in [0.15, 0.2) is 189 Å². The van der Waals surface area contributed by atoms with Crippen LogP contribution in [-0.2, 0) is 0 Å². The molecule has 8 aromatic carbocycles. The molecule has 0 atom stereocenters. The Bertz CT molecular complexity index is 3090. The van der Waals surface area contributed by atoms with E-state index >= 15 is 0 Å². The van der Waals surface area contributed by atoms with Gasteiger partial charge < -0.3 is 18.2 Å². The summed E-state index contributed by atoms with van der Waals surface area (Å²) in [5, 5.41) is 6.57. The normalized spacial score (nSPS) is 11.8. The van der Waals surface area contributed by atoms with E-state index < -0.39 is 0 Å². The molecule has 4 nitrogen and oxygen atoms in total. The van der Waals surface area contributed by atoms with Gasteiger partial charge in [0.15, 0.2) is 0 Å². The summed E-state index contributed by atoms with van der Waals surface area (Å²) in [6.45, 7) is 0. The first-order valence-corrected chi connectivity index (χ1v) is 17.5. The lowest BCUT2D eigenvalue weighted by Crippen LogP contribution is -2.09. The van der Waals surface area contributed by atoms with E-state index in [9.17, 15) is 0 Å². The molecule has 0 saturated carbocycles. The van der Waals surface area contributed by atoms with Crippen LogP contribution in [0.5, 0.6) is 0 Å². The minimum Gasteiger partial charge on any atom is -0.456 e. The first kappa shape index (κ1) is 28.8. The molecule has 0 bridgehead atoms. The van der Waals surface area contributed by atoms with Gasteiger partial charge in [0, 0.05) is 49.4 Å². The summed E-state index contributed by atoms with van der Waals surface area (Å²) in [5.74, 6) is 0. The van der Waals surface area contributed by atoms with Crippen molar-refractivity contribution in [3.05, 3.63) is 176 Å². The van der Waals surface area contributed by atoms with E-state index in [1.54, 1.807) is 0 Å². The fourth-order valence-corrected chi connectivity index (χ4v) is 7.83. The third kappa shape index (κ3) is 4.48. The predicted molar refractivity (Wildman–Crippen MR) is 214 cm³/mol. The third-order valence-corrected chi connectivity index (χ3v) is 10.3. The number of anilines is 3. The summed E-state index contributed by atoms with van der Waals surface area (Å²) >= 11 is 0. The van der Waals surface area contributed by atoms with Crippen LogP contribution in [-0.4, -0.2) is 0 Å². The molecule has 0 unspecified atom stereocenters. The fraction of sp³-hybridized carbons (Fsp3) is 0. The summed E-state index contributed by atoms with van der Waals surface area (Å²) < 4.78 is 19.1. The highest BCUT2D eigenvalue weighted by atomic mass is 16.3. The first-order chi connectivity index (χ1) is 25.7. The number of benzene rings is 8. The molecule has 52 heavy (non-hydrogen) atoms. The first-order valence-electron chi connectivity index (χ1n) is 17.5. The highest BCUT2D eigenvalue weighted by Crippen LogP contribution is 2.42. The van der Waals surface area contributed by atoms with Crippen LogP contribution in [0, 0.1) is 0 Å². The van der Waals surface area contributed by atoms with Crippen LogP contribution in [0.25, 0.3) is 88.1 Å². The van der Waals surface area contributed by atoms with Gasteiger partial charge in [-0.05, 0) is 113 Å². The van der Waals surface area contributed by atoms with Crippen molar-refractivity contribution < 1.29 is 13.3 Å². The van der Waals surface area contributed by atoms with Gasteiger partial charge in [0.05, 0.1) is 0 Å². The molecule has 0 aliphatic rings. The highest BCUT2D eigenvalue weighted by molar-refractivity contribution is 6.15. The zero-order chi connectivity index (χ0) is 34.2. The topological polar surface area (TPSA) is 42.7 Å². The van der Waals surface area contributed by atoms with Crippen molar-refractivity contribution in [1.29, 1.82) is 0 Å². The lowest BCUT2D eigenvalue weighted by Gasteiger charge is -2.25. The van der Waals surface area contributed by atoms with E-state index in [2.05, 4.69) is 150 Å². The number of para-hydroxylation sites is 3. The molecule has 0 N–H and O–H groups in total. The number of hydrogen-bond donors (Lipinski definition) is 0. The van der Waals surface area contributed by atoms with Crippen molar-refractivity contribution in [2.75, 3.05) is 4.90 Å². The lowest BCUT2D eigenvalue weighted by atomic mass is 9.96. The van der Waals surface area contributed by atoms with Crippen molar-refractivity contribution in [1.82, 2.24) is 0 Å². The number of nitrogens with zero attached hydrogens (tertiary/aromatic N) is 1. The third-order valence-electron chi connectivity index (χ3n) is 10.3. The Balaban J connectivity index is 1.04. The quantitative estimate of drug-likeness (QED) is 0.183. The van der Waals surface area contributed by atoms with Gasteiger partial charge in [0.2, 0.25) is 0 Å². The average Bonchev–Trinajstić information content (AvgIpc) is 3.89. The van der Waals surface area contributed by atoms with Crippen LogP contribution >= 0.6 is 0 Å². The van der Waals surface area contributed by atoms with Crippen LogP contribution in [0.2, 0.25) is 0 Å². The maximum absolute atomic E-state index is 6.42. The summed E-state index contributed by atoms with van der Waals surface area (Å²) in [5.41, 5.74) is 12.9. The number of furan rings is 3. The Kier molecular flexibility index (Phi) is 6.22. The van der Waals surface area contributed by atoms with Crippen LogP contribution in [0.1, 0.15) is 0 Å². The van der Waals surface area contributed by atoms with Gasteiger partial charge in [-0.3, -0.25) is 0 Å². The Labute approximate surface area is 298 Å². The predicted octanol–water partition coefficient (Wildman–Crippen LogP) is 14.2. The minimum absolute atomic E-state index is 0.859. The van der Waals surface area contributed by atoms with Gasteiger partial charge >= 0.3 is 0 Å². The molecule has 0 radical (unpaired) electrons. The Morgan fingerprint density at radius 2 is 0.827 bits per heavy atom. The number of rotatable bonds is 5. The van der Waals surface area contributed by atoms with Gasteiger partial charge in [-0.2, -0.15) is 0 Å². The monoisotopic (exact) mass is 667 g/mol. The van der Waals surface area contributed by atoms with Crippen molar-refractivity contribution in [3.63, 3.8) is 0 Å². The summed E-state index contributed by atoms with van der Waals surface area (Å²) in [6, 6.07) is 61.4. The molecule has 11 aromatic rings. The molecule has 11 rings (SSSR count). The number of hydrogen-bond acceptors (Lipinski definition) is 4. The zero-order valence-corrected chi connectivity index (χ0v) is 27.9. The van der Waals surface area contributed by atoms with Gasteiger partial charge in [-0.15, -0.1) is 0 Å². The number of fused-ring (bicyclic) bond motifs is 9. The molecular weight excluding hydrogens is 639 g/mol. The van der Waals surface area contributed by atoms with Crippen molar-refractivity contribution in [2.24, 2.45) is 0 Å². The summed E-state index contributed by atoms with van der Waals surface area (Å²) in [4.78, 5) is 2.28. The highest BCUT2D eigenvalue weighted by Gasteiger charge is 2.18. The van der Waals surface area contributed by atoms with Gasteiger partial charge in [0.25, 0.3) is 0 Å². The van der Waals surface area contributed by atoms with Crippen molar-refractivity contribution in [2.45, 2.75) is 0 Å². The van der Waals surface area contributed by atoms with Crippen LogP contribution in [0.3, 0.4) is 0 Å². The second kappa shape index (κ2) is 11.2. The molecule has 0 fully saturated rings. The van der Waals surface area contributed by atoms with E-state index in [1.807, 2.05) is 30.3 Å². The second-order valence-electron chi connectivity index (χ2n) is 13.3. The molecule has 3 aromatic heterocycles.